The van der Waals surface area contributed by atoms with Crippen molar-refractivity contribution in [3.63, 3.8) is 0 Å². The predicted octanol–water partition coefficient (Wildman–Crippen LogP) is 17.4. The lowest BCUT2D eigenvalue weighted by Crippen LogP contribution is -2.06. The molecule has 352 valence electrons. The van der Waals surface area contributed by atoms with Gasteiger partial charge in [-0.25, -0.2) is 15.0 Å². The van der Waals surface area contributed by atoms with E-state index in [0.29, 0.717) is 18.1 Å². The van der Waals surface area contributed by atoms with Crippen molar-refractivity contribution in [1.82, 2.24) is 24.1 Å². The van der Waals surface area contributed by atoms with E-state index in [0.717, 1.165) is 101 Å². The van der Waals surface area contributed by atoms with E-state index in [9.17, 15) is 0 Å². The van der Waals surface area contributed by atoms with Gasteiger partial charge in [0.1, 0.15) is 5.82 Å². The van der Waals surface area contributed by atoms with Crippen LogP contribution in [0.2, 0.25) is 0 Å². The molecule has 6 heteroatoms. The molecule has 73 heavy (non-hydrogen) atoms. The molecule has 0 saturated carbocycles. The quantitative estimate of drug-likeness (QED) is 0.0715. The van der Waals surface area contributed by atoms with Crippen molar-refractivity contribution in [3.8, 4) is 56.1 Å². The first kappa shape index (κ1) is 46.5. The van der Waals surface area contributed by atoms with Crippen molar-refractivity contribution in [2.24, 2.45) is 0 Å². The number of rotatable bonds is 16. The van der Waals surface area contributed by atoms with E-state index in [1.807, 2.05) is 67.2 Å². The van der Waals surface area contributed by atoms with E-state index in [-0.39, 0.29) is 0 Å². The molecule has 3 aromatic heterocycles. The van der Waals surface area contributed by atoms with Gasteiger partial charge in [-0.3, -0.25) is 0 Å². The maximum Gasteiger partial charge on any atom is 0.163 e. The van der Waals surface area contributed by atoms with E-state index >= 15 is 0 Å². The van der Waals surface area contributed by atoms with Crippen LogP contribution in [-0.2, 0) is 6.42 Å². The average molecular weight is 960 g/mol. The normalized spacial score (nSPS) is 11.6. The van der Waals surface area contributed by atoms with E-state index in [2.05, 4.69) is 199 Å². The molecule has 0 unspecified atom stereocenters. The van der Waals surface area contributed by atoms with Gasteiger partial charge in [-0.1, -0.05) is 178 Å². The summed E-state index contributed by atoms with van der Waals surface area (Å²) in [6, 6.07) is 69.3. The van der Waals surface area contributed by atoms with Gasteiger partial charge in [0.05, 0.1) is 22.2 Å². The molecule has 0 amide bonds. The number of benzene rings is 8. The first-order valence-electron chi connectivity index (χ1n) is 24.6. The molecule has 8 aromatic carbocycles. The highest BCUT2D eigenvalue weighted by Crippen LogP contribution is 2.40. The predicted molar refractivity (Wildman–Crippen MR) is 313 cm³/mol. The van der Waals surface area contributed by atoms with Crippen molar-refractivity contribution >= 4 is 67.8 Å². The van der Waals surface area contributed by atoms with Crippen LogP contribution in [0.25, 0.3) is 112 Å². The van der Waals surface area contributed by atoms with Gasteiger partial charge in [-0.15, -0.1) is 0 Å². The van der Waals surface area contributed by atoms with E-state index in [1.54, 1.807) is 6.08 Å². The van der Waals surface area contributed by atoms with Crippen molar-refractivity contribution < 1.29 is 0 Å². The number of allylic oxidation sites excluding steroid dienone is 3. The molecular formula is C67H53N5S. The number of thioether (sulfide) groups is 1. The minimum absolute atomic E-state index is 0.671. The smallest absolute Gasteiger partial charge is 0.163 e. The summed E-state index contributed by atoms with van der Waals surface area (Å²) in [5.74, 6) is 3.72. The van der Waals surface area contributed by atoms with Crippen LogP contribution in [0.5, 0.6) is 0 Å². The third-order valence-corrected chi connectivity index (χ3v) is 14.6. The molecule has 0 aliphatic rings. The lowest BCUT2D eigenvalue weighted by Gasteiger charge is -2.12. The summed E-state index contributed by atoms with van der Waals surface area (Å²) < 4.78 is 4.71. The molecule has 5 nitrogen and oxygen atoms in total. The first-order valence-corrected chi connectivity index (χ1v) is 25.7. The largest absolute Gasteiger partial charge is 0.309 e. The summed E-state index contributed by atoms with van der Waals surface area (Å²) in [6.07, 6.45) is 8.31. The van der Waals surface area contributed by atoms with Crippen LogP contribution in [-0.4, -0.2) is 35.6 Å². The fourth-order valence-corrected chi connectivity index (χ4v) is 10.8. The SMILES string of the molecule is C=CC=C(C)c1nc(CCSCC(=C)c2ccc3c(c2)c2cc(-c4ccc5c(c4)c(C=C)c(C=C)n5-c4cccc(-c5ccccc5)c4)ccc2n3-c2cccc(-c3ccccc3)c2)nc(-c2ccccc2)n1. The summed E-state index contributed by atoms with van der Waals surface area (Å²) in [4.78, 5) is 14.6. The maximum absolute atomic E-state index is 4.90. The zero-order chi connectivity index (χ0) is 49.8. The van der Waals surface area contributed by atoms with E-state index < -0.39 is 0 Å². The number of hydrogen-bond acceptors (Lipinski definition) is 4. The van der Waals surface area contributed by atoms with Crippen LogP contribution in [0.1, 0.15) is 35.4 Å². The Labute approximate surface area is 431 Å². The standard InChI is InChI=1S/C67H53N5S/c1-6-20-45(4)66-68-65(69-67(70-66)49-25-16-11-17-26-49)37-38-73-44-46(5)50-31-34-63-59(41-50)60-43-54(33-36-64(60)72(63)56-30-19-28-52(40-56)48-23-14-10-15-24-48)53-32-35-62-58(42-53)57(7-2)61(8-3)71(62)55-29-18-27-51(39-55)47-21-12-9-13-22-47/h6-36,39-43H,1-3,5,37-38,44H2,4H3. The van der Waals surface area contributed by atoms with Gasteiger partial charge in [0.15, 0.2) is 11.6 Å². The zero-order valence-corrected chi connectivity index (χ0v) is 41.7. The Hall–Kier alpha value is -8.84. The van der Waals surface area contributed by atoms with Crippen LogP contribution in [0.15, 0.2) is 233 Å². The van der Waals surface area contributed by atoms with Gasteiger partial charge in [0.25, 0.3) is 0 Å². The summed E-state index contributed by atoms with van der Waals surface area (Å²) in [5, 5.41) is 3.47. The van der Waals surface area contributed by atoms with Crippen LogP contribution < -0.4 is 0 Å². The van der Waals surface area contributed by atoms with Gasteiger partial charge in [-0.05, 0) is 124 Å². The van der Waals surface area contributed by atoms with Gasteiger partial charge in [-0.2, -0.15) is 11.8 Å². The number of fused-ring (bicyclic) bond motifs is 4. The fourth-order valence-electron chi connectivity index (χ4n) is 9.94. The molecule has 11 aromatic rings. The minimum atomic E-state index is 0.671. The first-order chi connectivity index (χ1) is 35.9. The second-order valence-electron chi connectivity index (χ2n) is 18.2. The summed E-state index contributed by atoms with van der Waals surface area (Å²) in [5.41, 5.74) is 18.7. The number of aryl methyl sites for hydroxylation is 1. The second-order valence-corrected chi connectivity index (χ2v) is 19.3. The van der Waals surface area contributed by atoms with Crippen LogP contribution >= 0.6 is 11.8 Å². The van der Waals surface area contributed by atoms with Crippen molar-refractivity contribution in [1.29, 1.82) is 0 Å². The van der Waals surface area contributed by atoms with Crippen LogP contribution in [0.4, 0.5) is 0 Å². The van der Waals surface area contributed by atoms with E-state index in [4.69, 9.17) is 15.0 Å². The molecular weight excluding hydrogens is 907 g/mol. The highest BCUT2D eigenvalue weighted by atomic mass is 32.2. The van der Waals surface area contributed by atoms with Gasteiger partial charge in [0, 0.05) is 56.6 Å². The molecule has 0 fully saturated rings. The number of nitrogens with zero attached hydrogens (tertiary/aromatic N) is 5. The Balaban J connectivity index is 0.950. The van der Waals surface area contributed by atoms with Crippen molar-refractivity contribution in [2.45, 2.75) is 13.3 Å². The monoisotopic (exact) mass is 959 g/mol. The third kappa shape index (κ3) is 9.21. The summed E-state index contributed by atoms with van der Waals surface area (Å²) in [7, 11) is 0. The van der Waals surface area contributed by atoms with Crippen LogP contribution in [0, 0.1) is 0 Å². The highest BCUT2D eigenvalue weighted by molar-refractivity contribution is 7.99. The molecule has 0 saturated heterocycles. The molecule has 0 aliphatic heterocycles. The summed E-state index contributed by atoms with van der Waals surface area (Å²) in [6.45, 7) is 19.1. The molecule has 0 radical (unpaired) electrons. The zero-order valence-electron chi connectivity index (χ0n) is 40.9. The molecule has 0 atom stereocenters. The molecule has 0 bridgehead atoms. The molecule has 3 heterocycles. The third-order valence-electron chi connectivity index (χ3n) is 13.6. The Morgan fingerprint density at radius 3 is 1.64 bits per heavy atom. The Kier molecular flexibility index (Phi) is 13.1. The van der Waals surface area contributed by atoms with Gasteiger partial charge in [0.2, 0.25) is 0 Å². The van der Waals surface area contributed by atoms with Crippen molar-refractivity contribution in [2.75, 3.05) is 11.5 Å². The minimum Gasteiger partial charge on any atom is -0.309 e. The van der Waals surface area contributed by atoms with E-state index in [1.165, 1.54) is 27.5 Å². The molecule has 11 rings (SSSR count). The average Bonchev–Trinajstić information content (AvgIpc) is 3.96. The second kappa shape index (κ2) is 20.5. The lowest BCUT2D eigenvalue weighted by atomic mass is 9.99. The Morgan fingerprint density at radius 2 is 1.04 bits per heavy atom. The molecule has 0 N–H and O–H groups in total. The Morgan fingerprint density at radius 1 is 0.507 bits per heavy atom. The molecule has 0 spiro atoms. The molecule has 0 aliphatic carbocycles. The summed E-state index contributed by atoms with van der Waals surface area (Å²) >= 11 is 1.84. The van der Waals surface area contributed by atoms with Crippen LogP contribution in [0.3, 0.4) is 0 Å². The topological polar surface area (TPSA) is 48.5 Å². The van der Waals surface area contributed by atoms with Gasteiger partial charge < -0.3 is 9.13 Å². The Bertz CT molecular complexity index is 3930. The van der Waals surface area contributed by atoms with Gasteiger partial charge >= 0.3 is 0 Å². The lowest BCUT2D eigenvalue weighted by molar-refractivity contribution is 0.895. The number of aromatic nitrogens is 5. The highest BCUT2D eigenvalue weighted by Gasteiger charge is 2.19. The maximum atomic E-state index is 4.90. The number of hydrogen-bond donors (Lipinski definition) is 0. The fraction of sp³-hybridized carbons (Fsp3) is 0.0597. The van der Waals surface area contributed by atoms with Crippen molar-refractivity contribution in [3.05, 3.63) is 261 Å².